The van der Waals surface area contributed by atoms with E-state index in [-0.39, 0.29) is 0 Å². The van der Waals surface area contributed by atoms with Gasteiger partial charge in [-0.1, -0.05) is 23.6 Å². The Balaban J connectivity index is 1.67. The van der Waals surface area contributed by atoms with Crippen LogP contribution in [-0.2, 0) is 13.1 Å². The van der Waals surface area contributed by atoms with Crippen molar-refractivity contribution >= 4 is 17.2 Å². The summed E-state index contributed by atoms with van der Waals surface area (Å²) in [7, 11) is 0. The van der Waals surface area contributed by atoms with Gasteiger partial charge in [0, 0.05) is 25.2 Å². The Kier molecular flexibility index (Phi) is 4.36. The molecule has 3 rings (SSSR count). The number of nitrogens with zero attached hydrogens (tertiary/aromatic N) is 3. The van der Waals surface area contributed by atoms with Crippen molar-refractivity contribution in [3.8, 4) is 11.8 Å². The van der Waals surface area contributed by atoms with Crippen LogP contribution in [0.5, 0.6) is 0 Å². The summed E-state index contributed by atoms with van der Waals surface area (Å²) in [5.41, 5.74) is 2.69. The molecule has 0 aliphatic carbocycles. The number of fused-ring (bicyclic) bond motifs is 1. The topological polar surface area (TPSA) is 30.2 Å². The second-order valence-electron chi connectivity index (χ2n) is 4.77. The van der Waals surface area contributed by atoms with Gasteiger partial charge >= 0.3 is 0 Å². The first-order chi connectivity index (χ1) is 10.8. The van der Waals surface area contributed by atoms with Crippen molar-refractivity contribution in [3.05, 3.63) is 64.8 Å². The summed E-state index contributed by atoms with van der Waals surface area (Å²) in [6.45, 7) is -0.572. The molecule has 3 aromatic rings. The van der Waals surface area contributed by atoms with Gasteiger partial charge in [-0.3, -0.25) is 0 Å². The summed E-state index contributed by atoms with van der Waals surface area (Å²) in [5, 5.41) is 0.632. The van der Waals surface area contributed by atoms with Crippen LogP contribution in [0.2, 0.25) is 5.02 Å². The number of hydrogen-bond donors (Lipinski definition) is 0. The molecule has 0 fully saturated rings. The number of rotatable bonds is 3. The maximum atomic E-state index is 12.5. The number of halogens is 2. The molecule has 3 nitrogen and oxygen atoms in total. The fourth-order valence-corrected chi connectivity index (χ4v) is 2.33. The van der Waals surface area contributed by atoms with E-state index in [1.165, 1.54) is 0 Å². The van der Waals surface area contributed by atoms with Gasteiger partial charge in [0.05, 0.1) is 16.4 Å². The van der Waals surface area contributed by atoms with Gasteiger partial charge in [-0.15, -0.1) is 0 Å². The highest BCUT2D eigenvalue weighted by atomic mass is 35.5. The first kappa shape index (κ1) is 14.6. The number of aromatic nitrogens is 3. The minimum atomic E-state index is -0.572. The number of alkyl halides is 1. The summed E-state index contributed by atoms with van der Waals surface area (Å²) in [5.74, 6) is 5.99. The molecule has 0 saturated carbocycles. The fourth-order valence-electron chi connectivity index (χ4n) is 2.12. The van der Waals surface area contributed by atoms with Crippen LogP contribution in [0.1, 0.15) is 23.5 Å². The molecular weight excluding hydrogens is 301 g/mol. The van der Waals surface area contributed by atoms with E-state index in [1.807, 2.05) is 28.9 Å². The zero-order chi connectivity index (χ0) is 15.4. The lowest BCUT2D eigenvalue weighted by Gasteiger charge is -1.93. The smallest absolute Gasteiger partial charge is 0.155 e. The molecule has 22 heavy (non-hydrogen) atoms. The molecule has 0 bridgehead atoms. The number of pyridine rings is 2. The summed E-state index contributed by atoms with van der Waals surface area (Å²) in [6.07, 6.45) is 5.25. The molecule has 0 unspecified atom stereocenters. The predicted molar refractivity (Wildman–Crippen MR) is 84.5 cm³/mol. The maximum absolute atomic E-state index is 12.5. The average Bonchev–Trinajstić information content (AvgIpc) is 2.96. The van der Waals surface area contributed by atoms with Crippen molar-refractivity contribution < 1.29 is 4.39 Å². The Morgan fingerprint density at radius 3 is 2.86 bits per heavy atom. The third-order valence-corrected chi connectivity index (χ3v) is 3.45. The van der Waals surface area contributed by atoms with Gasteiger partial charge in [-0.2, -0.15) is 0 Å². The number of imidazole rings is 1. The van der Waals surface area contributed by atoms with Crippen molar-refractivity contribution in [1.29, 1.82) is 0 Å². The third-order valence-electron chi connectivity index (χ3n) is 3.15. The van der Waals surface area contributed by atoms with E-state index in [1.54, 1.807) is 18.2 Å². The quantitative estimate of drug-likeness (QED) is 0.688. The van der Waals surface area contributed by atoms with E-state index >= 15 is 0 Å². The van der Waals surface area contributed by atoms with Gasteiger partial charge in [0.25, 0.3) is 0 Å². The maximum Gasteiger partial charge on any atom is 0.155 e. The molecule has 3 heterocycles. The van der Waals surface area contributed by atoms with E-state index in [4.69, 9.17) is 11.6 Å². The summed E-state index contributed by atoms with van der Waals surface area (Å²) < 4.78 is 14.4. The third kappa shape index (κ3) is 3.26. The molecule has 3 aromatic heterocycles. The van der Waals surface area contributed by atoms with Crippen LogP contribution in [0, 0.1) is 11.8 Å². The van der Waals surface area contributed by atoms with Crippen LogP contribution >= 0.6 is 11.6 Å². The zero-order valence-corrected chi connectivity index (χ0v) is 12.5. The molecule has 0 saturated heterocycles. The normalized spacial score (nSPS) is 10.5. The van der Waals surface area contributed by atoms with E-state index in [0.29, 0.717) is 22.8 Å². The van der Waals surface area contributed by atoms with Crippen molar-refractivity contribution in [2.24, 2.45) is 0 Å². The molecule has 110 valence electrons. The van der Waals surface area contributed by atoms with Gasteiger partial charge in [0.1, 0.15) is 12.4 Å². The molecule has 5 heteroatoms. The van der Waals surface area contributed by atoms with E-state index in [9.17, 15) is 4.39 Å². The Hall–Kier alpha value is -2.38. The Morgan fingerprint density at radius 1 is 1.14 bits per heavy atom. The van der Waals surface area contributed by atoms with Crippen molar-refractivity contribution in [3.63, 3.8) is 0 Å². The van der Waals surface area contributed by atoms with Crippen LogP contribution in [0.3, 0.4) is 0 Å². The second kappa shape index (κ2) is 6.59. The second-order valence-corrected chi connectivity index (χ2v) is 5.18. The minimum absolute atomic E-state index is 0.404. The molecule has 0 atom stereocenters. The molecule has 0 radical (unpaired) electrons. The monoisotopic (exact) mass is 313 g/mol. The molecule has 0 aliphatic rings. The van der Waals surface area contributed by atoms with Crippen molar-refractivity contribution in [1.82, 2.24) is 14.4 Å². The SMILES string of the molecule is FCc1cccc(C#CCCc2cn3cccc(Cl)c3n2)n1. The van der Waals surface area contributed by atoms with Crippen molar-refractivity contribution in [2.75, 3.05) is 0 Å². The van der Waals surface area contributed by atoms with E-state index < -0.39 is 6.67 Å². The van der Waals surface area contributed by atoms with Crippen LogP contribution < -0.4 is 0 Å². The largest absolute Gasteiger partial charge is 0.306 e. The summed E-state index contributed by atoms with van der Waals surface area (Å²) in [6, 6.07) is 8.87. The lowest BCUT2D eigenvalue weighted by Crippen LogP contribution is -1.89. The van der Waals surface area contributed by atoms with Gasteiger partial charge in [0.15, 0.2) is 5.65 Å². The molecule has 0 amide bonds. The predicted octanol–water partition coefficient (Wildman–Crippen LogP) is 3.84. The summed E-state index contributed by atoms with van der Waals surface area (Å²) >= 11 is 6.09. The average molecular weight is 314 g/mol. The molecule has 0 aromatic carbocycles. The van der Waals surface area contributed by atoms with Crippen LogP contribution in [0.15, 0.2) is 42.7 Å². The van der Waals surface area contributed by atoms with Gasteiger partial charge in [0.2, 0.25) is 0 Å². The van der Waals surface area contributed by atoms with E-state index in [0.717, 1.165) is 17.8 Å². The minimum Gasteiger partial charge on any atom is -0.306 e. The Bertz CT molecular complexity index is 861. The zero-order valence-electron chi connectivity index (χ0n) is 11.8. The standard InChI is InChI=1S/C17H13ClFN3/c18-16-9-4-10-22-12-15(21-17(16)22)6-2-1-5-13-7-3-8-14(11-19)20-13/h3-4,7-10,12H,2,6,11H2. The molecule has 0 N–H and O–H groups in total. The Labute approximate surface area is 132 Å². The van der Waals surface area contributed by atoms with Gasteiger partial charge in [-0.25, -0.2) is 14.4 Å². The van der Waals surface area contributed by atoms with Gasteiger partial charge < -0.3 is 4.40 Å². The lowest BCUT2D eigenvalue weighted by atomic mass is 10.2. The Morgan fingerprint density at radius 2 is 2.05 bits per heavy atom. The molecular formula is C17H13ClFN3. The van der Waals surface area contributed by atoms with E-state index in [2.05, 4.69) is 21.8 Å². The highest BCUT2D eigenvalue weighted by Gasteiger charge is 2.03. The number of aryl methyl sites for hydroxylation is 1. The van der Waals surface area contributed by atoms with Crippen LogP contribution in [0.4, 0.5) is 4.39 Å². The highest BCUT2D eigenvalue weighted by molar-refractivity contribution is 6.33. The highest BCUT2D eigenvalue weighted by Crippen LogP contribution is 2.16. The first-order valence-electron chi connectivity index (χ1n) is 6.89. The number of hydrogen-bond acceptors (Lipinski definition) is 2. The summed E-state index contributed by atoms with van der Waals surface area (Å²) in [4.78, 5) is 8.58. The van der Waals surface area contributed by atoms with Gasteiger partial charge in [-0.05, 0) is 30.2 Å². The van der Waals surface area contributed by atoms with Crippen molar-refractivity contribution in [2.45, 2.75) is 19.5 Å². The molecule has 0 aliphatic heterocycles. The fraction of sp³-hybridized carbons (Fsp3) is 0.176. The first-order valence-corrected chi connectivity index (χ1v) is 7.27. The lowest BCUT2D eigenvalue weighted by molar-refractivity contribution is 0.476. The van der Waals surface area contributed by atoms with Crippen LogP contribution in [-0.4, -0.2) is 14.4 Å². The molecule has 0 spiro atoms. The van der Waals surface area contributed by atoms with Crippen LogP contribution in [0.25, 0.3) is 5.65 Å².